The van der Waals surface area contributed by atoms with Crippen LogP contribution in [-0.2, 0) is 13.5 Å². The summed E-state index contributed by atoms with van der Waals surface area (Å²) in [5, 5.41) is 7.80. The first-order valence-electron chi connectivity index (χ1n) is 6.02. The van der Waals surface area contributed by atoms with Gasteiger partial charge in [0.05, 0.1) is 5.69 Å². The van der Waals surface area contributed by atoms with Gasteiger partial charge in [-0.15, -0.1) is 0 Å². The van der Waals surface area contributed by atoms with Crippen molar-refractivity contribution in [1.82, 2.24) is 15.1 Å². The van der Waals surface area contributed by atoms with Crippen molar-refractivity contribution in [2.45, 2.75) is 19.4 Å². The van der Waals surface area contributed by atoms with E-state index in [4.69, 9.17) is 0 Å². The number of hydrogen-bond acceptors (Lipinski definition) is 2. The van der Waals surface area contributed by atoms with Crippen LogP contribution >= 0.6 is 15.9 Å². The van der Waals surface area contributed by atoms with Crippen molar-refractivity contribution in [2.75, 3.05) is 7.05 Å². The summed E-state index contributed by atoms with van der Waals surface area (Å²) in [5.74, 6) is 0. The van der Waals surface area contributed by atoms with Crippen LogP contribution in [0.4, 0.5) is 0 Å². The molecule has 0 bridgehead atoms. The highest BCUT2D eigenvalue weighted by Crippen LogP contribution is 2.28. The summed E-state index contributed by atoms with van der Waals surface area (Å²) in [5.41, 5.74) is 3.64. The van der Waals surface area contributed by atoms with Gasteiger partial charge in [-0.25, -0.2) is 0 Å². The van der Waals surface area contributed by atoms with Crippen LogP contribution in [0.1, 0.15) is 22.9 Å². The Hall–Kier alpha value is -1.13. The molecule has 2 aromatic rings. The highest BCUT2D eigenvalue weighted by atomic mass is 79.9. The second-order valence-corrected chi connectivity index (χ2v) is 5.30. The van der Waals surface area contributed by atoms with Crippen LogP contribution in [0.2, 0.25) is 0 Å². The van der Waals surface area contributed by atoms with Gasteiger partial charge in [-0.05, 0) is 31.2 Å². The average Bonchev–Trinajstić information content (AvgIpc) is 2.76. The molecule has 1 N–H and O–H groups in total. The molecule has 1 aromatic carbocycles. The molecule has 2 rings (SSSR count). The van der Waals surface area contributed by atoms with Crippen molar-refractivity contribution in [3.8, 4) is 0 Å². The van der Waals surface area contributed by atoms with Crippen molar-refractivity contribution < 1.29 is 0 Å². The highest BCUT2D eigenvalue weighted by Gasteiger charge is 2.15. The molecule has 0 amide bonds. The first-order chi connectivity index (χ1) is 8.61. The van der Waals surface area contributed by atoms with E-state index in [2.05, 4.69) is 57.5 Å². The number of benzene rings is 1. The lowest BCUT2D eigenvalue weighted by atomic mass is 10.0. The summed E-state index contributed by atoms with van der Waals surface area (Å²) in [6.45, 7) is 2.11. The molecule has 0 saturated carbocycles. The maximum atomic E-state index is 4.44. The van der Waals surface area contributed by atoms with Gasteiger partial charge in [-0.1, -0.05) is 34.1 Å². The lowest BCUT2D eigenvalue weighted by Gasteiger charge is -2.18. The minimum Gasteiger partial charge on any atom is -0.313 e. The lowest BCUT2D eigenvalue weighted by Crippen LogP contribution is -2.19. The fourth-order valence-corrected chi connectivity index (χ4v) is 2.63. The van der Waals surface area contributed by atoms with Gasteiger partial charge < -0.3 is 5.32 Å². The Labute approximate surface area is 116 Å². The number of nitrogens with zero attached hydrogens (tertiary/aromatic N) is 2. The molecule has 96 valence electrons. The largest absolute Gasteiger partial charge is 0.313 e. The molecule has 0 spiro atoms. The second kappa shape index (κ2) is 5.67. The molecule has 0 saturated heterocycles. The van der Waals surface area contributed by atoms with E-state index in [0.29, 0.717) is 0 Å². The van der Waals surface area contributed by atoms with E-state index in [1.54, 1.807) is 0 Å². The molecule has 1 aromatic heterocycles. The van der Waals surface area contributed by atoms with Crippen molar-refractivity contribution in [2.24, 2.45) is 7.05 Å². The summed E-state index contributed by atoms with van der Waals surface area (Å²) in [6.07, 6.45) is 2.87. The topological polar surface area (TPSA) is 29.9 Å². The summed E-state index contributed by atoms with van der Waals surface area (Å²) in [7, 11) is 3.93. The zero-order chi connectivity index (χ0) is 13.1. The Balaban J connectivity index is 2.25. The van der Waals surface area contributed by atoms with E-state index in [0.717, 1.165) is 12.1 Å². The van der Waals surface area contributed by atoms with Gasteiger partial charge in [0.15, 0.2) is 0 Å². The van der Waals surface area contributed by atoms with E-state index >= 15 is 0 Å². The van der Waals surface area contributed by atoms with E-state index in [1.807, 2.05) is 25.0 Å². The molecule has 18 heavy (non-hydrogen) atoms. The third-order valence-corrected chi connectivity index (χ3v) is 4.21. The smallest absolute Gasteiger partial charge is 0.0643 e. The third-order valence-electron chi connectivity index (χ3n) is 3.13. The summed E-state index contributed by atoms with van der Waals surface area (Å²) < 4.78 is 3.02. The first kappa shape index (κ1) is 13.3. The highest BCUT2D eigenvalue weighted by molar-refractivity contribution is 9.10. The van der Waals surface area contributed by atoms with Crippen LogP contribution in [0.5, 0.6) is 0 Å². The monoisotopic (exact) mass is 307 g/mol. The van der Waals surface area contributed by atoms with Gasteiger partial charge in [0.25, 0.3) is 0 Å². The second-order valence-electron chi connectivity index (χ2n) is 4.50. The van der Waals surface area contributed by atoms with Crippen LogP contribution < -0.4 is 5.32 Å². The maximum absolute atomic E-state index is 4.44. The molecule has 0 aliphatic rings. The summed E-state index contributed by atoms with van der Waals surface area (Å²) >= 11 is 3.67. The molecule has 3 nitrogen and oxygen atoms in total. The van der Waals surface area contributed by atoms with Gasteiger partial charge in [0.1, 0.15) is 0 Å². The minimum atomic E-state index is 0.272. The van der Waals surface area contributed by atoms with Crippen molar-refractivity contribution in [3.63, 3.8) is 0 Å². The standard InChI is InChI=1S/C14H18BrN3/c1-10-5-4-6-12(14(10)15)13(16-2)9-11-7-8-18(3)17-11/h4-8,13,16H,9H2,1-3H3. The van der Waals surface area contributed by atoms with E-state index in [9.17, 15) is 0 Å². The number of halogens is 1. The average molecular weight is 308 g/mol. The van der Waals surface area contributed by atoms with E-state index in [-0.39, 0.29) is 6.04 Å². The molecule has 0 radical (unpaired) electrons. The Bertz CT molecular complexity index is 534. The normalized spacial score (nSPS) is 12.7. The van der Waals surface area contributed by atoms with Gasteiger partial charge >= 0.3 is 0 Å². The quantitative estimate of drug-likeness (QED) is 0.941. The van der Waals surface area contributed by atoms with Crippen LogP contribution in [-0.4, -0.2) is 16.8 Å². The number of aryl methyl sites for hydroxylation is 2. The number of nitrogens with one attached hydrogen (secondary N) is 1. The van der Waals surface area contributed by atoms with E-state index < -0.39 is 0 Å². The molecule has 4 heteroatoms. The molecule has 1 unspecified atom stereocenters. The molecule has 0 aliphatic carbocycles. The van der Waals surface area contributed by atoms with Crippen LogP contribution in [0.15, 0.2) is 34.9 Å². The molecule has 0 aliphatic heterocycles. The molecular weight excluding hydrogens is 290 g/mol. The van der Waals surface area contributed by atoms with Crippen molar-refractivity contribution in [1.29, 1.82) is 0 Å². The summed E-state index contributed by atoms with van der Waals surface area (Å²) in [6, 6.07) is 8.70. The molecule has 1 atom stereocenters. The van der Waals surface area contributed by atoms with Crippen LogP contribution in [0.25, 0.3) is 0 Å². The lowest BCUT2D eigenvalue weighted by molar-refractivity contribution is 0.575. The number of rotatable bonds is 4. The molecule has 0 fully saturated rings. The summed E-state index contributed by atoms with van der Waals surface area (Å²) in [4.78, 5) is 0. The van der Waals surface area contributed by atoms with E-state index in [1.165, 1.54) is 15.6 Å². The number of aromatic nitrogens is 2. The Morgan fingerprint density at radius 2 is 2.17 bits per heavy atom. The predicted octanol–water partition coefficient (Wildman–Crippen LogP) is 2.99. The minimum absolute atomic E-state index is 0.272. The fraction of sp³-hybridized carbons (Fsp3) is 0.357. The SMILES string of the molecule is CNC(Cc1ccn(C)n1)c1cccc(C)c1Br. The Morgan fingerprint density at radius 1 is 1.39 bits per heavy atom. The van der Waals surface area contributed by atoms with Gasteiger partial charge in [-0.3, -0.25) is 4.68 Å². The predicted molar refractivity (Wildman–Crippen MR) is 77.6 cm³/mol. The Kier molecular flexibility index (Phi) is 4.19. The van der Waals surface area contributed by atoms with Crippen molar-refractivity contribution in [3.05, 3.63) is 51.8 Å². The Morgan fingerprint density at radius 3 is 2.78 bits per heavy atom. The molecular formula is C14H18BrN3. The fourth-order valence-electron chi connectivity index (χ4n) is 2.09. The number of likely N-dealkylation sites (N-methyl/N-ethyl adjacent to an activating group) is 1. The van der Waals surface area contributed by atoms with Gasteiger partial charge in [-0.2, -0.15) is 5.10 Å². The van der Waals surface area contributed by atoms with Crippen molar-refractivity contribution >= 4 is 15.9 Å². The molecule has 1 heterocycles. The van der Waals surface area contributed by atoms with Gasteiger partial charge in [0.2, 0.25) is 0 Å². The zero-order valence-corrected chi connectivity index (χ0v) is 12.5. The first-order valence-corrected chi connectivity index (χ1v) is 6.82. The van der Waals surface area contributed by atoms with Crippen LogP contribution in [0.3, 0.4) is 0 Å². The maximum Gasteiger partial charge on any atom is 0.0643 e. The number of hydrogen-bond donors (Lipinski definition) is 1. The van der Waals surface area contributed by atoms with Crippen LogP contribution in [0, 0.1) is 6.92 Å². The van der Waals surface area contributed by atoms with Gasteiger partial charge in [0, 0.05) is 30.2 Å². The zero-order valence-electron chi connectivity index (χ0n) is 10.9. The third kappa shape index (κ3) is 2.82.